The van der Waals surface area contributed by atoms with Gasteiger partial charge in [0.15, 0.2) is 5.70 Å². The molecule has 0 spiro atoms. The van der Waals surface area contributed by atoms with Crippen molar-refractivity contribution in [2.45, 2.75) is 0 Å². The summed E-state index contributed by atoms with van der Waals surface area (Å²) >= 11 is 6.07. The molecule has 1 aliphatic rings. The first-order valence-electron chi connectivity index (χ1n) is 9.48. The quantitative estimate of drug-likeness (QED) is 0.286. The van der Waals surface area contributed by atoms with Gasteiger partial charge in [0.1, 0.15) is 30.5 Å². The molecule has 0 amide bonds. The molecule has 0 fully saturated rings. The molecule has 0 atom stereocenters. The average Bonchev–Trinajstić information content (AvgIpc) is 3.13. The van der Waals surface area contributed by atoms with Crippen molar-refractivity contribution < 1.29 is 23.4 Å². The van der Waals surface area contributed by atoms with E-state index >= 15 is 0 Å². The number of benzene rings is 3. The fraction of sp³-hybridized carbons (Fsp3) is 0.0833. The first-order chi connectivity index (χ1) is 15.1. The molecular weight excluding hydrogens is 421 g/mol. The summed E-state index contributed by atoms with van der Waals surface area (Å²) in [5, 5.41) is 0.524. The first-order valence-corrected chi connectivity index (χ1v) is 9.86. The Hall–Kier alpha value is -3.64. The monoisotopic (exact) mass is 437 g/mol. The third kappa shape index (κ3) is 4.92. The molecule has 31 heavy (non-hydrogen) atoms. The van der Waals surface area contributed by atoms with Gasteiger partial charge in [-0.1, -0.05) is 54.1 Å². The number of aliphatic imine (C=N–C) groups is 1. The average molecular weight is 438 g/mol. The Morgan fingerprint density at radius 2 is 1.55 bits per heavy atom. The molecule has 3 aromatic carbocycles. The number of hydrogen-bond donors (Lipinski definition) is 0. The van der Waals surface area contributed by atoms with E-state index in [9.17, 15) is 9.18 Å². The molecule has 0 saturated heterocycles. The number of esters is 1. The predicted octanol–water partition coefficient (Wildman–Crippen LogP) is 5.28. The Labute approximate surface area is 183 Å². The van der Waals surface area contributed by atoms with E-state index in [4.69, 9.17) is 25.8 Å². The van der Waals surface area contributed by atoms with Crippen LogP contribution in [0.3, 0.4) is 0 Å². The van der Waals surface area contributed by atoms with Crippen LogP contribution in [0.25, 0.3) is 6.08 Å². The Kier molecular flexibility index (Phi) is 6.29. The number of rotatable bonds is 7. The molecule has 0 N–H and O–H groups in total. The number of nitrogens with zero attached hydrogens (tertiary/aromatic N) is 1. The van der Waals surface area contributed by atoms with Gasteiger partial charge >= 0.3 is 5.97 Å². The van der Waals surface area contributed by atoms with E-state index in [-0.39, 0.29) is 30.4 Å². The van der Waals surface area contributed by atoms with E-state index in [2.05, 4.69) is 4.99 Å². The van der Waals surface area contributed by atoms with E-state index in [0.29, 0.717) is 22.1 Å². The fourth-order valence-electron chi connectivity index (χ4n) is 2.90. The summed E-state index contributed by atoms with van der Waals surface area (Å²) in [6.07, 6.45) is 1.54. The largest absolute Gasteiger partial charge is 0.489 e. The Morgan fingerprint density at radius 1 is 0.903 bits per heavy atom. The molecule has 0 radical (unpaired) electrons. The van der Waals surface area contributed by atoms with Gasteiger partial charge < -0.3 is 14.2 Å². The van der Waals surface area contributed by atoms with Gasteiger partial charge in [-0.15, -0.1) is 0 Å². The highest BCUT2D eigenvalue weighted by atomic mass is 35.5. The molecule has 5 nitrogen and oxygen atoms in total. The van der Waals surface area contributed by atoms with Crippen LogP contribution in [-0.2, 0) is 9.53 Å². The molecule has 1 aliphatic heterocycles. The highest BCUT2D eigenvalue weighted by Crippen LogP contribution is 2.26. The normalized spacial score (nSPS) is 14.3. The maximum Gasteiger partial charge on any atom is 0.363 e. The second-order valence-electron chi connectivity index (χ2n) is 6.48. The summed E-state index contributed by atoms with van der Waals surface area (Å²) in [6, 6.07) is 20.3. The zero-order chi connectivity index (χ0) is 21.6. The van der Waals surface area contributed by atoms with E-state index in [0.717, 1.165) is 0 Å². The van der Waals surface area contributed by atoms with Crippen LogP contribution in [0.2, 0.25) is 5.02 Å². The van der Waals surface area contributed by atoms with Gasteiger partial charge in [-0.2, -0.15) is 0 Å². The molecule has 7 heteroatoms. The van der Waals surface area contributed by atoms with Crippen LogP contribution in [0, 0.1) is 5.82 Å². The number of para-hydroxylation sites is 2. The number of hydrogen-bond acceptors (Lipinski definition) is 5. The van der Waals surface area contributed by atoms with Crippen LogP contribution >= 0.6 is 11.6 Å². The summed E-state index contributed by atoms with van der Waals surface area (Å²) in [5.41, 5.74) is 0.813. The van der Waals surface area contributed by atoms with Crippen LogP contribution < -0.4 is 9.47 Å². The van der Waals surface area contributed by atoms with Gasteiger partial charge in [0, 0.05) is 5.56 Å². The standard InChI is InChI=1S/C24H17ClFNO4/c25-18-9-3-6-12-22(18)30-14-13-29-21-11-5-1-7-16(21)15-20-24(28)31-23(27-20)17-8-2-4-10-19(17)26/h1-12,15H,13-14H2/b20-15+. The molecule has 1 heterocycles. The van der Waals surface area contributed by atoms with Crippen molar-refractivity contribution in [2.24, 2.45) is 4.99 Å². The Bertz CT molecular complexity index is 1180. The zero-order valence-electron chi connectivity index (χ0n) is 16.3. The smallest absolute Gasteiger partial charge is 0.363 e. The van der Waals surface area contributed by atoms with E-state index in [1.807, 2.05) is 18.2 Å². The van der Waals surface area contributed by atoms with Crippen molar-refractivity contribution in [1.29, 1.82) is 0 Å². The van der Waals surface area contributed by atoms with E-state index in [1.54, 1.807) is 48.5 Å². The van der Waals surface area contributed by atoms with Gasteiger partial charge in [0.2, 0.25) is 5.90 Å². The van der Waals surface area contributed by atoms with Crippen LogP contribution in [-0.4, -0.2) is 25.1 Å². The third-order valence-electron chi connectivity index (χ3n) is 4.37. The van der Waals surface area contributed by atoms with Crippen molar-refractivity contribution in [3.8, 4) is 11.5 Å². The number of cyclic esters (lactones) is 1. The lowest BCUT2D eigenvalue weighted by molar-refractivity contribution is -0.129. The maximum absolute atomic E-state index is 14.0. The molecule has 0 unspecified atom stereocenters. The second-order valence-corrected chi connectivity index (χ2v) is 6.89. The van der Waals surface area contributed by atoms with Crippen LogP contribution in [0.5, 0.6) is 11.5 Å². The SMILES string of the molecule is O=C1OC(c2ccccc2F)=N/C1=C/c1ccccc1OCCOc1ccccc1Cl. The van der Waals surface area contributed by atoms with Crippen LogP contribution in [0.1, 0.15) is 11.1 Å². The van der Waals surface area contributed by atoms with Gasteiger partial charge in [-0.3, -0.25) is 0 Å². The number of ether oxygens (including phenoxy) is 3. The van der Waals surface area contributed by atoms with Crippen molar-refractivity contribution in [3.63, 3.8) is 0 Å². The lowest BCUT2D eigenvalue weighted by Gasteiger charge is -2.11. The fourth-order valence-corrected chi connectivity index (χ4v) is 3.09. The highest BCUT2D eigenvalue weighted by molar-refractivity contribution is 6.32. The molecule has 0 aliphatic carbocycles. The topological polar surface area (TPSA) is 57.1 Å². The van der Waals surface area contributed by atoms with Crippen LogP contribution in [0.4, 0.5) is 4.39 Å². The van der Waals surface area contributed by atoms with Crippen LogP contribution in [0.15, 0.2) is 83.5 Å². The molecule has 0 saturated carbocycles. The minimum absolute atomic E-state index is 0.0571. The first kappa shape index (κ1) is 20.6. The molecular formula is C24H17ClFNO4. The highest BCUT2D eigenvalue weighted by Gasteiger charge is 2.26. The molecule has 4 rings (SSSR count). The summed E-state index contributed by atoms with van der Waals surface area (Å²) in [5.74, 6) is -0.125. The number of halogens is 2. The van der Waals surface area contributed by atoms with Gasteiger partial charge in [0.05, 0.1) is 10.6 Å². The molecule has 156 valence electrons. The van der Waals surface area contributed by atoms with Gasteiger partial charge in [0.25, 0.3) is 0 Å². The molecule has 0 bridgehead atoms. The van der Waals surface area contributed by atoms with E-state index < -0.39 is 11.8 Å². The van der Waals surface area contributed by atoms with Crippen molar-refractivity contribution >= 4 is 29.5 Å². The van der Waals surface area contributed by atoms with Crippen molar-refractivity contribution in [1.82, 2.24) is 0 Å². The molecule has 3 aromatic rings. The van der Waals surface area contributed by atoms with E-state index in [1.165, 1.54) is 12.1 Å². The maximum atomic E-state index is 14.0. The third-order valence-corrected chi connectivity index (χ3v) is 4.68. The second kappa shape index (κ2) is 9.45. The van der Waals surface area contributed by atoms with Crippen molar-refractivity contribution in [2.75, 3.05) is 13.2 Å². The summed E-state index contributed by atoms with van der Waals surface area (Å²) in [7, 11) is 0. The van der Waals surface area contributed by atoms with Gasteiger partial charge in [-0.05, 0) is 36.4 Å². The lowest BCUT2D eigenvalue weighted by Crippen LogP contribution is -2.10. The summed E-state index contributed by atoms with van der Waals surface area (Å²) < 4.78 is 30.5. The predicted molar refractivity (Wildman–Crippen MR) is 116 cm³/mol. The Morgan fingerprint density at radius 3 is 2.32 bits per heavy atom. The number of carbonyl (C=O) groups excluding carboxylic acids is 1. The molecule has 0 aromatic heterocycles. The number of carbonyl (C=O) groups is 1. The van der Waals surface area contributed by atoms with Gasteiger partial charge in [-0.25, -0.2) is 14.2 Å². The minimum Gasteiger partial charge on any atom is -0.489 e. The minimum atomic E-state index is -0.657. The van der Waals surface area contributed by atoms with Crippen molar-refractivity contribution in [3.05, 3.63) is 100 Å². The lowest BCUT2D eigenvalue weighted by atomic mass is 10.1. The Balaban J connectivity index is 1.47. The summed E-state index contributed by atoms with van der Waals surface area (Å²) in [6.45, 7) is 0.547. The summed E-state index contributed by atoms with van der Waals surface area (Å²) in [4.78, 5) is 16.4. The zero-order valence-corrected chi connectivity index (χ0v) is 17.0.